The molecule has 1 N–H and O–H groups in total. The zero-order valence-electron chi connectivity index (χ0n) is 14.4. The van der Waals surface area contributed by atoms with Crippen LogP contribution in [-0.2, 0) is 6.18 Å². The van der Waals surface area contributed by atoms with Gasteiger partial charge in [-0.2, -0.15) is 13.2 Å². The number of amides is 1. The predicted octanol–water partition coefficient (Wildman–Crippen LogP) is 4.38. The molecule has 1 aromatic carbocycles. The monoisotopic (exact) mass is 427 g/mol. The molecule has 0 saturated heterocycles. The first kappa shape index (κ1) is 20.1. The first-order valence-electron chi connectivity index (χ1n) is 8.06. The molecule has 2 aromatic heterocycles. The average molecular weight is 428 g/mol. The van der Waals surface area contributed by atoms with Crippen molar-refractivity contribution in [2.75, 3.05) is 6.54 Å². The van der Waals surface area contributed by atoms with Crippen LogP contribution in [0.1, 0.15) is 22.3 Å². The molecule has 0 aliphatic heterocycles. The summed E-state index contributed by atoms with van der Waals surface area (Å²) in [5, 5.41) is 2.73. The van der Waals surface area contributed by atoms with Gasteiger partial charge < -0.3 is 5.32 Å². The lowest BCUT2D eigenvalue weighted by molar-refractivity contribution is -0.141. The van der Waals surface area contributed by atoms with E-state index in [-0.39, 0.29) is 17.1 Å². The summed E-state index contributed by atoms with van der Waals surface area (Å²) in [5.41, 5.74) is -0.636. The van der Waals surface area contributed by atoms with Crippen LogP contribution in [0.5, 0.6) is 0 Å². The van der Waals surface area contributed by atoms with Gasteiger partial charge in [0, 0.05) is 35.1 Å². The van der Waals surface area contributed by atoms with Gasteiger partial charge in [-0.05, 0) is 37.3 Å². The van der Waals surface area contributed by atoms with Gasteiger partial charge in [0.1, 0.15) is 9.88 Å². The molecule has 0 spiro atoms. The molecule has 1 amide bonds. The molecule has 0 saturated carbocycles. The highest BCUT2D eigenvalue weighted by Crippen LogP contribution is 2.37. The van der Waals surface area contributed by atoms with Crippen molar-refractivity contribution in [3.05, 3.63) is 68.5 Å². The lowest BCUT2D eigenvalue weighted by Gasteiger charge is -2.06. The molecule has 0 aliphatic carbocycles. The summed E-state index contributed by atoms with van der Waals surface area (Å²) < 4.78 is 41.1. The van der Waals surface area contributed by atoms with Crippen molar-refractivity contribution in [3.63, 3.8) is 0 Å². The predicted molar refractivity (Wildman–Crippen MR) is 101 cm³/mol. The number of nitrogens with one attached hydrogen (secondary N) is 1. The van der Waals surface area contributed by atoms with Crippen molar-refractivity contribution in [1.29, 1.82) is 0 Å². The maximum atomic E-state index is 13.3. The van der Waals surface area contributed by atoms with Gasteiger partial charge in [0.25, 0.3) is 11.5 Å². The zero-order chi connectivity index (χ0) is 20.5. The number of halogens is 4. The van der Waals surface area contributed by atoms with Crippen LogP contribution in [0, 0.1) is 0 Å². The number of thiazole rings is 1. The summed E-state index contributed by atoms with van der Waals surface area (Å²) in [6.45, 7) is 1.82. The summed E-state index contributed by atoms with van der Waals surface area (Å²) in [4.78, 5) is 27.1. The molecule has 2 heterocycles. The van der Waals surface area contributed by atoms with E-state index in [0.717, 1.165) is 0 Å². The molecule has 146 valence electrons. The Morgan fingerprint density at radius 2 is 1.93 bits per heavy atom. The number of rotatable bonds is 4. The maximum absolute atomic E-state index is 13.3. The largest absolute Gasteiger partial charge is 0.435 e. The second kappa shape index (κ2) is 7.76. The molecule has 0 radical (unpaired) electrons. The van der Waals surface area contributed by atoms with E-state index in [1.165, 1.54) is 29.0 Å². The first-order valence-corrected chi connectivity index (χ1v) is 9.25. The third kappa shape index (κ3) is 4.10. The SMILES string of the molecule is CCNC(=O)c1sc(-c2ccc(-n3ccc(Cl)cc3=O)cc2)nc1C(F)(F)F. The van der Waals surface area contributed by atoms with E-state index in [1.54, 1.807) is 25.1 Å². The number of carbonyl (C=O) groups excluding carboxylic acids is 1. The fourth-order valence-electron chi connectivity index (χ4n) is 2.46. The van der Waals surface area contributed by atoms with E-state index in [4.69, 9.17) is 11.6 Å². The van der Waals surface area contributed by atoms with Crippen LogP contribution in [-0.4, -0.2) is 22.0 Å². The van der Waals surface area contributed by atoms with Crippen LogP contribution < -0.4 is 10.9 Å². The number of benzene rings is 1. The summed E-state index contributed by atoms with van der Waals surface area (Å²) in [7, 11) is 0. The van der Waals surface area contributed by atoms with Gasteiger partial charge in [-0.1, -0.05) is 11.6 Å². The standard InChI is InChI=1S/C18H13ClF3N3O2S/c1-2-23-16(27)14-15(18(20,21)22)24-17(28-14)10-3-5-12(6-4-10)25-8-7-11(19)9-13(25)26/h3-9H,2H2,1H3,(H,23,27). The Morgan fingerprint density at radius 3 is 2.50 bits per heavy atom. The quantitative estimate of drug-likeness (QED) is 0.672. The molecule has 28 heavy (non-hydrogen) atoms. The molecular formula is C18H13ClF3N3O2S. The van der Waals surface area contributed by atoms with Crippen molar-refractivity contribution in [3.8, 4) is 16.3 Å². The molecule has 10 heteroatoms. The Morgan fingerprint density at radius 1 is 1.25 bits per heavy atom. The van der Waals surface area contributed by atoms with Gasteiger partial charge in [0.05, 0.1) is 0 Å². The van der Waals surface area contributed by atoms with Gasteiger partial charge in [-0.15, -0.1) is 11.3 Å². The van der Waals surface area contributed by atoms with E-state index < -0.39 is 22.7 Å². The number of aromatic nitrogens is 2. The number of hydrogen-bond acceptors (Lipinski definition) is 4. The number of nitrogens with zero attached hydrogens (tertiary/aromatic N) is 2. The van der Waals surface area contributed by atoms with Crippen LogP contribution in [0.3, 0.4) is 0 Å². The molecule has 0 atom stereocenters. The smallest absolute Gasteiger partial charge is 0.352 e. The fourth-order valence-corrected chi connectivity index (χ4v) is 3.62. The van der Waals surface area contributed by atoms with Crippen molar-refractivity contribution in [2.24, 2.45) is 0 Å². The van der Waals surface area contributed by atoms with Crippen LogP contribution in [0.4, 0.5) is 13.2 Å². The van der Waals surface area contributed by atoms with E-state index >= 15 is 0 Å². The number of hydrogen-bond donors (Lipinski definition) is 1. The number of pyridine rings is 1. The molecule has 3 aromatic rings. The second-order valence-electron chi connectivity index (χ2n) is 5.65. The van der Waals surface area contributed by atoms with E-state index in [1.807, 2.05) is 0 Å². The molecule has 0 bridgehead atoms. The minimum atomic E-state index is -4.74. The fraction of sp³-hybridized carbons (Fsp3) is 0.167. The average Bonchev–Trinajstić information content (AvgIpc) is 3.08. The minimum absolute atomic E-state index is 0.0589. The zero-order valence-corrected chi connectivity index (χ0v) is 16.0. The maximum Gasteiger partial charge on any atom is 0.435 e. The van der Waals surface area contributed by atoms with Crippen LogP contribution in [0.2, 0.25) is 5.02 Å². The van der Waals surface area contributed by atoms with Crippen LogP contribution in [0.15, 0.2) is 47.4 Å². The van der Waals surface area contributed by atoms with Crippen molar-refractivity contribution in [1.82, 2.24) is 14.9 Å². The molecule has 0 fully saturated rings. The Hall–Kier alpha value is -2.65. The highest BCUT2D eigenvalue weighted by molar-refractivity contribution is 7.17. The molecule has 0 aliphatic rings. The van der Waals surface area contributed by atoms with Crippen molar-refractivity contribution < 1.29 is 18.0 Å². The van der Waals surface area contributed by atoms with Crippen molar-refractivity contribution in [2.45, 2.75) is 13.1 Å². The Balaban J connectivity index is 2.00. The van der Waals surface area contributed by atoms with Gasteiger partial charge in [0.15, 0.2) is 5.69 Å². The summed E-state index contributed by atoms with van der Waals surface area (Å²) in [5.74, 6) is -0.817. The third-order valence-electron chi connectivity index (χ3n) is 3.71. The number of alkyl halides is 3. The molecular weight excluding hydrogens is 415 g/mol. The van der Waals surface area contributed by atoms with Gasteiger partial charge >= 0.3 is 6.18 Å². The Labute approximate surface area is 166 Å². The normalized spacial score (nSPS) is 11.5. The van der Waals surface area contributed by atoms with Gasteiger partial charge in [-0.3, -0.25) is 14.2 Å². The Kier molecular flexibility index (Phi) is 5.57. The van der Waals surface area contributed by atoms with Crippen LogP contribution >= 0.6 is 22.9 Å². The van der Waals surface area contributed by atoms with Gasteiger partial charge in [-0.25, -0.2) is 4.98 Å². The summed E-state index contributed by atoms with van der Waals surface area (Å²) in [6, 6.07) is 9.03. The highest BCUT2D eigenvalue weighted by Gasteiger charge is 2.39. The topological polar surface area (TPSA) is 64.0 Å². The lowest BCUT2D eigenvalue weighted by Crippen LogP contribution is -2.24. The highest BCUT2D eigenvalue weighted by atomic mass is 35.5. The number of carbonyl (C=O) groups is 1. The lowest BCUT2D eigenvalue weighted by atomic mass is 10.2. The van der Waals surface area contributed by atoms with Crippen molar-refractivity contribution >= 4 is 28.8 Å². The summed E-state index contributed by atoms with van der Waals surface area (Å²) >= 11 is 6.43. The second-order valence-corrected chi connectivity index (χ2v) is 7.09. The first-order chi connectivity index (χ1) is 13.2. The van der Waals surface area contributed by atoms with E-state index in [2.05, 4.69) is 10.3 Å². The molecule has 3 rings (SSSR count). The van der Waals surface area contributed by atoms with E-state index in [9.17, 15) is 22.8 Å². The third-order valence-corrected chi connectivity index (χ3v) is 5.05. The molecule has 0 unspecified atom stereocenters. The molecule has 5 nitrogen and oxygen atoms in total. The van der Waals surface area contributed by atoms with Crippen LogP contribution in [0.25, 0.3) is 16.3 Å². The van der Waals surface area contributed by atoms with E-state index in [0.29, 0.717) is 27.6 Å². The van der Waals surface area contributed by atoms with Gasteiger partial charge in [0.2, 0.25) is 0 Å². The Bertz CT molecular complexity index is 1070. The summed E-state index contributed by atoms with van der Waals surface area (Å²) in [6.07, 6.45) is -3.25. The minimum Gasteiger partial charge on any atom is -0.352 e.